The van der Waals surface area contributed by atoms with Crippen LogP contribution in [0.2, 0.25) is 0 Å². The molecule has 0 atom stereocenters. The van der Waals surface area contributed by atoms with Crippen molar-refractivity contribution in [1.29, 1.82) is 0 Å². The number of halogens is 6. The number of rotatable bonds is 3. The van der Waals surface area contributed by atoms with Crippen LogP contribution in [0.5, 0.6) is 0 Å². The zero-order valence-corrected chi connectivity index (χ0v) is 19.9. The topological polar surface area (TPSA) is 67.6 Å². The average molecular weight is 538 g/mol. The summed E-state index contributed by atoms with van der Waals surface area (Å²) < 4.78 is 106. The fraction of sp³-hybridized carbons (Fsp3) is 0.167. The highest BCUT2D eigenvalue weighted by Gasteiger charge is 2.36. The quantitative estimate of drug-likeness (QED) is 0.270. The first-order valence-electron chi connectivity index (χ1n) is 10.4. The van der Waals surface area contributed by atoms with Gasteiger partial charge in [0.2, 0.25) is 10.0 Å². The molecule has 0 saturated heterocycles. The molecule has 0 saturated carbocycles. The van der Waals surface area contributed by atoms with Crippen LogP contribution in [0, 0.1) is 11.8 Å². The molecule has 0 N–H and O–H groups in total. The van der Waals surface area contributed by atoms with Crippen molar-refractivity contribution in [2.75, 3.05) is 14.1 Å². The standard InChI is InChI=1S/C24H16F6N4O2S/c1-33(2)37(35,36)19-11-4-15(5-12-19)3-6-17-14-31-34-21(24(28,29)30)13-20(32-22(17)34)16-7-9-18(10-8-16)23(25,26)27/h4-5,7-14H,1-2H3. The van der Waals surface area contributed by atoms with E-state index >= 15 is 0 Å². The van der Waals surface area contributed by atoms with E-state index in [1.165, 1.54) is 38.4 Å². The predicted octanol–water partition coefficient (Wildman–Crippen LogP) is 5.08. The molecule has 6 nitrogen and oxygen atoms in total. The van der Waals surface area contributed by atoms with E-state index in [0.29, 0.717) is 16.1 Å². The second-order valence-electron chi connectivity index (χ2n) is 7.95. The summed E-state index contributed by atoms with van der Waals surface area (Å²) in [7, 11) is -0.880. The van der Waals surface area contributed by atoms with Gasteiger partial charge >= 0.3 is 12.4 Å². The normalized spacial score (nSPS) is 12.6. The first-order chi connectivity index (χ1) is 17.2. The molecule has 0 radical (unpaired) electrons. The molecule has 2 aromatic heterocycles. The minimum Gasteiger partial charge on any atom is -0.227 e. The molecule has 0 fully saturated rings. The molecule has 0 aliphatic rings. The highest BCUT2D eigenvalue weighted by Crippen LogP contribution is 2.34. The predicted molar refractivity (Wildman–Crippen MR) is 122 cm³/mol. The number of fused-ring (bicyclic) bond motifs is 1. The Morgan fingerprint density at radius 3 is 2.03 bits per heavy atom. The van der Waals surface area contributed by atoms with Gasteiger partial charge in [0, 0.05) is 25.2 Å². The molecule has 2 aromatic carbocycles. The van der Waals surface area contributed by atoms with Gasteiger partial charge in [-0.2, -0.15) is 31.4 Å². The van der Waals surface area contributed by atoms with Crippen LogP contribution in [0.4, 0.5) is 26.3 Å². The van der Waals surface area contributed by atoms with Crippen molar-refractivity contribution in [3.63, 3.8) is 0 Å². The molecule has 0 aliphatic heterocycles. The second kappa shape index (κ2) is 9.20. The first kappa shape index (κ1) is 26.2. The third-order valence-electron chi connectivity index (χ3n) is 5.24. The Bertz CT molecular complexity index is 1630. The van der Waals surface area contributed by atoms with Crippen LogP contribution in [0.1, 0.15) is 22.4 Å². The monoisotopic (exact) mass is 538 g/mol. The Balaban J connectivity index is 1.78. The summed E-state index contributed by atoms with van der Waals surface area (Å²) in [6.45, 7) is 0. The molecule has 192 valence electrons. The summed E-state index contributed by atoms with van der Waals surface area (Å²) in [5, 5.41) is 3.74. The van der Waals surface area contributed by atoms with Crippen molar-refractivity contribution >= 4 is 15.7 Å². The van der Waals surface area contributed by atoms with Gasteiger partial charge in [-0.15, -0.1) is 0 Å². The summed E-state index contributed by atoms with van der Waals surface area (Å²) >= 11 is 0. The molecule has 4 rings (SSSR count). The van der Waals surface area contributed by atoms with Crippen LogP contribution >= 0.6 is 0 Å². The third-order valence-corrected chi connectivity index (χ3v) is 7.07. The summed E-state index contributed by atoms with van der Waals surface area (Å²) in [5.74, 6) is 5.41. The molecule has 0 bridgehead atoms. The molecule has 2 heterocycles. The van der Waals surface area contributed by atoms with Gasteiger partial charge in [-0.1, -0.05) is 24.0 Å². The van der Waals surface area contributed by atoms with Crippen molar-refractivity contribution in [1.82, 2.24) is 18.9 Å². The summed E-state index contributed by atoms with van der Waals surface area (Å²) in [6.07, 6.45) is -8.35. The van der Waals surface area contributed by atoms with Crippen LogP contribution in [0.25, 0.3) is 16.9 Å². The lowest BCUT2D eigenvalue weighted by Crippen LogP contribution is -2.22. The smallest absolute Gasteiger partial charge is 0.227 e. The molecule has 0 amide bonds. The molecule has 4 aromatic rings. The number of benzene rings is 2. The lowest BCUT2D eigenvalue weighted by atomic mass is 10.1. The lowest BCUT2D eigenvalue weighted by Gasteiger charge is -2.12. The fourth-order valence-electron chi connectivity index (χ4n) is 3.29. The van der Waals surface area contributed by atoms with Gasteiger partial charge in [0.05, 0.1) is 27.9 Å². The second-order valence-corrected chi connectivity index (χ2v) is 10.1. The maximum Gasteiger partial charge on any atom is 0.433 e. The Hall–Kier alpha value is -3.89. The van der Waals surface area contributed by atoms with Gasteiger partial charge in [0.15, 0.2) is 11.3 Å². The van der Waals surface area contributed by atoms with Crippen LogP contribution in [0.15, 0.2) is 65.7 Å². The molecule has 0 unspecified atom stereocenters. The molecule has 0 spiro atoms. The lowest BCUT2D eigenvalue weighted by molar-refractivity contribution is -0.142. The van der Waals surface area contributed by atoms with Gasteiger partial charge in [-0.25, -0.2) is 22.2 Å². The average Bonchev–Trinajstić information content (AvgIpc) is 3.24. The van der Waals surface area contributed by atoms with Gasteiger partial charge in [0.1, 0.15) is 0 Å². The highest BCUT2D eigenvalue weighted by atomic mass is 32.2. The molecular formula is C24H16F6N4O2S. The first-order valence-corrected chi connectivity index (χ1v) is 11.8. The van der Waals surface area contributed by atoms with Gasteiger partial charge in [-0.05, 0) is 42.5 Å². The van der Waals surface area contributed by atoms with Crippen LogP contribution in [0.3, 0.4) is 0 Å². The molecule has 13 heteroatoms. The Kier molecular flexibility index (Phi) is 6.51. The third kappa shape index (κ3) is 5.30. The Morgan fingerprint density at radius 2 is 1.49 bits per heavy atom. The summed E-state index contributed by atoms with van der Waals surface area (Å²) in [5.41, 5.74) is -2.14. The van der Waals surface area contributed by atoms with E-state index in [4.69, 9.17) is 0 Å². The van der Waals surface area contributed by atoms with Gasteiger partial charge < -0.3 is 0 Å². The maximum atomic E-state index is 13.8. The number of aromatic nitrogens is 3. The van der Waals surface area contributed by atoms with E-state index in [0.717, 1.165) is 34.8 Å². The SMILES string of the molecule is CN(C)S(=O)(=O)c1ccc(C#Cc2cnn3c(C(F)(F)F)cc(-c4ccc(C(F)(F)F)cc4)nc23)cc1. The number of sulfonamides is 1. The van der Waals surface area contributed by atoms with Crippen molar-refractivity contribution in [3.05, 3.63) is 83.2 Å². The molecular weight excluding hydrogens is 522 g/mol. The van der Waals surface area contributed by atoms with Crippen molar-refractivity contribution in [3.8, 4) is 23.1 Å². The van der Waals surface area contributed by atoms with Crippen LogP contribution < -0.4 is 0 Å². The number of alkyl halides is 6. The van der Waals surface area contributed by atoms with E-state index in [2.05, 4.69) is 21.9 Å². The maximum absolute atomic E-state index is 13.8. The zero-order valence-electron chi connectivity index (χ0n) is 19.1. The largest absolute Gasteiger partial charge is 0.433 e. The van der Waals surface area contributed by atoms with E-state index in [9.17, 15) is 34.8 Å². The van der Waals surface area contributed by atoms with Crippen LogP contribution in [-0.2, 0) is 22.4 Å². The van der Waals surface area contributed by atoms with Gasteiger partial charge in [-0.3, -0.25) is 0 Å². The number of hydrogen-bond donors (Lipinski definition) is 0. The van der Waals surface area contributed by atoms with E-state index in [-0.39, 0.29) is 27.4 Å². The van der Waals surface area contributed by atoms with E-state index < -0.39 is 33.6 Å². The highest BCUT2D eigenvalue weighted by molar-refractivity contribution is 7.89. The Labute approximate surface area is 207 Å². The van der Waals surface area contributed by atoms with Crippen molar-refractivity contribution < 1.29 is 34.8 Å². The minimum absolute atomic E-state index is 0.0317. The fourth-order valence-corrected chi connectivity index (χ4v) is 4.19. The van der Waals surface area contributed by atoms with Crippen molar-refractivity contribution in [2.24, 2.45) is 0 Å². The van der Waals surface area contributed by atoms with Gasteiger partial charge in [0.25, 0.3) is 0 Å². The molecule has 0 aliphatic carbocycles. The van der Waals surface area contributed by atoms with Crippen LogP contribution in [-0.4, -0.2) is 41.4 Å². The molecule has 37 heavy (non-hydrogen) atoms. The van der Waals surface area contributed by atoms with E-state index in [1.807, 2.05) is 0 Å². The summed E-state index contributed by atoms with van der Waals surface area (Å²) in [4.78, 5) is 4.22. The zero-order chi connectivity index (χ0) is 27.2. The number of nitrogens with zero attached hydrogens (tertiary/aromatic N) is 4. The number of hydrogen-bond acceptors (Lipinski definition) is 4. The Morgan fingerprint density at radius 1 is 0.865 bits per heavy atom. The summed E-state index contributed by atoms with van der Waals surface area (Å²) in [6, 6.07) is 9.85. The van der Waals surface area contributed by atoms with E-state index in [1.54, 1.807) is 0 Å². The van der Waals surface area contributed by atoms with Crippen molar-refractivity contribution in [2.45, 2.75) is 17.2 Å². The minimum atomic E-state index is -4.84.